The molecular weight excluding hydrogens is 304 g/mol. The lowest BCUT2D eigenvalue weighted by Gasteiger charge is -2.28. The van der Waals surface area contributed by atoms with Gasteiger partial charge in [0.15, 0.2) is 11.6 Å². The van der Waals surface area contributed by atoms with Crippen LogP contribution in [0.5, 0.6) is 0 Å². The molecule has 0 saturated carbocycles. The van der Waals surface area contributed by atoms with Crippen LogP contribution >= 0.6 is 15.9 Å². The minimum absolute atomic E-state index is 0.291. The fourth-order valence-corrected chi connectivity index (χ4v) is 1.62. The summed E-state index contributed by atoms with van der Waals surface area (Å²) in [6.07, 6.45) is -3.13. The molecule has 0 unspecified atom stereocenters. The fraction of sp³-hybridized carbons (Fsp3) is 0.500. The van der Waals surface area contributed by atoms with Gasteiger partial charge in [0.05, 0.1) is 0 Å². The van der Waals surface area contributed by atoms with Crippen LogP contribution in [0.3, 0.4) is 0 Å². The molecule has 1 aromatic rings. The van der Waals surface area contributed by atoms with E-state index in [1.807, 2.05) is 0 Å². The van der Waals surface area contributed by atoms with Gasteiger partial charge >= 0.3 is 6.18 Å². The third kappa shape index (κ3) is 4.14. The average molecular weight is 315 g/mol. The quantitative estimate of drug-likeness (QED) is 0.790. The van der Waals surface area contributed by atoms with E-state index in [1.165, 1.54) is 6.20 Å². The largest absolute Gasteiger partial charge is 0.405 e. The summed E-state index contributed by atoms with van der Waals surface area (Å²) in [6, 6.07) is 0.591. The summed E-state index contributed by atoms with van der Waals surface area (Å²) in [6.45, 7) is 1.88. The van der Waals surface area contributed by atoms with Gasteiger partial charge in [-0.3, -0.25) is 0 Å². The molecule has 1 aromatic heterocycles. The summed E-state index contributed by atoms with van der Waals surface area (Å²) < 4.78 is 51.0. The van der Waals surface area contributed by atoms with Crippen LogP contribution < -0.4 is 4.90 Å². The molecule has 0 amide bonds. The van der Waals surface area contributed by atoms with Gasteiger partial charge in [-0.25, -0.2) is 9.37 Å². The molecule has 0 atom stereocenters. The monoisotopic (exact) mass is 314 g/mol. The maximum Gasteiger partial charge on any atom is 0.405 e. The van der Waals surface area contributed by atoms with E-state index in [1.54, 1.807) is 13.8 Å². The van der Waals surface area contributed by atoms with Gasteiger partial charge in [0, 0.05) is 16.7 Å². The summed E-state index contributed by atoms with van der Waals surface area (Å²) in [5, 5.41) is 0. The van der Waals surface area contributed by atoms with Crippen molar-refractivity contribution in [3.63, 3.8) is 0 Å². The molecule has 0 aliphatic heterocycles. The van der Waals surface area contributed by atoms with Gasteiger partial charge in [-0.1, -0.05) is 0 Å². The molecule has 17 heavy (non-hydrogen) atoms. The van der Waals surface area contributed by atoms with E-state index in [-0.39, 0.29) is 5.82 Å². The first-order chi connectivity index (χ1) is 7.70. The van der Waals surface area contributed by atoms with Gasteiger partial charge in [0.25, 0.3) is 0 Å². The number of halogens is 5. The van der Waals surface area contributed by atoms with E-state index in [4.69, 9.17) is 0 Å². The summed E-state index contributed by atoms with van der Waals surface area (Å²) in [5.41, 5.74) is 0. The van der Waals surface area contributed by atoms with E-state index in [0.717, 1.165) is 11.0 Å². The van der Waals surface area contributed by atoms with Crippen LogP contribution in [0, 0.1) is 5.82 Å². The van der Waals surface area contributed by atoms with E-state index >= 15 is 0 Å². The standard InChI is InChI=1S/C10H11BrF4N2/c1-6(2)17(5-10(13,14)15)9-8(12)3-7(11)4-16-9/h3-4,6H,5H2,1-2H3. The zero-order chi connectivity index (χ0) is 13.2. The summed E-state index contributed by atoms with van der Waals surface area (Å²) in [5.74, 6) is -1.07. The summed E-state index contributed by atoms with van der Waals surface area (Å²) >= 11 is 3.00. The van der Waals surface area contributed by atoms with Crippen LogP contribution in [0.4, 0.5) is 23.4 Å². The Kier molecular flexibility index (Phi) is 4.35. The highest BCUT2D eigenvalue weighted by Crippen LogP contribution is 2.26. The first-order valence-corrected chi connectivity index (χ1v) is 5.64. The highest BCUT2D eigenvalue weighted by molar-refractivity contribution is 9.10. The third-order valence-corrected chi connectivity index (χ3v) is 2.47. The van der Waals surface area contributed by atoms with Crippen molar-refractivity contribution < 1.29 is 17.6 Å². The van der Waals surface area contributed by atoms with Crippen molar-refractivity contribution in [2.45, 2.75) is 26.1 Å². The highest BCUT2D eigenvalue weighted by Gasteiger charge is 2.33. The molecule has 96 valence electrons. The van der Waals surface area contributed by atoms with Crippen LogP contribution in [0.25, 0.3) is 0 Å². The third-order valence-electron chi connectivity index (χ3n) is 2.03. The van der Waals surface area contributed by atoms with Crippen LogP contribution in [0.2, 0.25) is 0 Å². The number of hydrogen-bond acceptors (Lipinski definition) is 2. The number of nitrogens with zero attached hydrogens (tertiary/aromatic N) is 2. The number of anilines is 1. The topological polar surface area (TPSA) is 16.1 Å². The Balaban J connectivity index is 3.06. The second kappa shape index (κ2) is 5.20. The maximum atomic E-state index is 13.5. The summed E-state index contributed by atoms with van der Waals surface area (Å²) in [4.78, 5) is 4.56. The average Bonchev–Trinajstić information content (AvgIpc) is 2.13. The smallest absolute Gasteiger partial charge is 0.343 e. The molecule has 0 aromatic carbocycles. The van der Waals surface area contributed by atoms with Crippen LogP contribution in [0.15, 0.2) is 16.7 Å². The van der Waals surface area contributed by atoms with Crippen LogP contribution in [0.1, 0.15) is 13.8 Å². The van der Waals surface area contributed by atoms with E-state index in [9.17, 15) is 17.6 Å². The van der Waals surface area contributed by atoms with E-state index in [2.05, 4.69) is 20.9 Å². The van der Waals surface area contributed by atoms with Crippen molar-refractivity contribution in [1.82, 2.24) is 4.98 Å². The lowest BCUT2D eigenvalue weighted by atomic mass is 10.3. The van der Waals surface area contributed by atoms with E-state index in [0.29, 0.717) is 4.47 Å². The first kappa shape index (κ1) is 14.2. The molecule has 0 fully saturated rings. The van der Waals surface area contributed by atoms with Gasteiger partial charge in [0.2, 0.25) is 0 Å². The molecule has 2 nitrogen and oxygen atoms in total. The number of pyridine rings is 1. The molecule has 1 rings (SSSR count). The second-order valence-electron chi connectivity index (χ2n) is 3.80. The second-order valence-corrected chi connectivity index (χ2v) is 4.71. The minimum Gasteiger partial charge on any atom is -0.343 e. The predicted molar refractivity (Wildman–Crippen MR) is 60.4 cm³/mol. The molecule has 0 spiro atoms. The summed E-state index contributed by atoms with van der Waals surface area (Å²) in [7, 11) is 0. The van der Waals surface area contributed by atoms with Gasteiger partial charge in [-0.05, 0) is 35.8 Å². The molecule has 0 bridgehead atoms. The Bertz CT molecular complexity index is 392. The van der Waals surface area contributed by atoms with Gasteiger partial charge < -0.3 is 4.90 Å². The lowest BCUT2D eigenvalue weighted by Crippen LogP contribution is -2.40. The van der Waals surface area contributed by atoms with E-state index < -0.39 is 24.6 Å². The number of hydrogen-bond donors (Lipinski definition) is 0. The predicted octanol–water partition coefficient (Wildman–Crippen LogP) is 3.76. The maximum absolute atomic E-state index is 13.5. The van der Waals surface area contributed by atoms with Crippen molar-refractivity contribution in [1.29, 1.82) is 0 Å². The van der Waals surface area contributed by atoms with Crippen molar-refractivity contribution in [2.75, 3.05) is 11.4 Å². The van der Waals surface area contributed by atoms with Gasteiger partial charge in [-0.2, -0.15) is 13.2 Å². The zero-order valence-electron chi connectivity index (χ0n) is 9.22. The van der Waals surface area contributed by atoms with Crippen LogP contribution in [-0.2, 0) is 0 Å². The van der Waals surface area contributed by atoms with Crippen molar-refractivity contribution >= 4 is 21.7 Å². The SMILES string of the molecule is CC(C)N(CC(F)(F)F)c1ncc(Br)cc1F. The van der Waals surface area contributed by atoms with Crippen LogP contribution in [-0.4, -0.2) is 23.7 Å². The molecular formula is C10H11BrF4N2. The highest BCUT2D eigenvalue weighted by atomic mass is 79.9. The Morgan fingerprint density at radius 3 is 2.41 bits per heavy atom. The fourth-order valence-electron chi connectivity index (χ4n) is 1.31. The molecule has 0 aliphatic carbocycles. The normalized spacial score (nSPS) is 12.0. The molecule has 7 heteroatoms. The Labute approximate surface area is 105 Å². The molecule has 0 saturated heterocycles. The van der Waals surface area contributed by atoms with Gasteiger partial charge in [-0.15, -0.1) is 0 Å². The van der Waals surface area contributed by atoms with Crippen molar-refractivity contribution in [2.24, 2.45) is 0 Å². The number of alkyl halides is 3. The van der Waals surface area contributed by atoms with Crippen molar-refractivity contribution in [3.05, 3.63) is 22.6 Å². The lowest BCUT2D eigenvalue weighted by molar-refractivity contribution is -0.120. The molecule has 0 aliphatic rings. The molecule has 0 N–H and O–H groups in total. The van der Waals surface area contributed by atoms with Gasteiger partial charge in [0.1, 0.15) is 6.54 Å². The number of rotatable bonds is 3. The zero-order valence-corrected chi connectivity index (χ0v) is 10.8. The Morgan fingerprint density at radius 2 is 2.00 bits per heavy atom. The Hall–Kier alpha value is -0.850. The first-order valence-electron chi connectivity index (χ1n) is 4.85. The Morgan fingerprint density at radius 1 is 1.41 bits per heavy atom. The minimum atomic E-state index is -4.40. The molecule has 0 radical (unpaired) electrons. The molecule has 1 heterocycles. The number of aromatic nitrogens is 1. The van der Waals surface area contributed by atoms with Crippen molar-refractivity contribution in [3.8, 4) is 0 Å².